The van der Waals surface area contributed by atoms with E-state index in [4.69, 9.17) is 16.3 Å². The molecule has 1 aromatic carbocycles. The van der Waals surface area contributed by atoms with E-state index < -0.39 is 0 Å². The van der Waals surface area contributed by atoms with Crippen LogP contribution >= 0.6 is 22.9 Å². The van der Waals surface area contributed by atoms with Crippen LogP contribution in [0.25, 0.3) is 0 Å². The van der Waals surface area contributed by atoms with Crippen molar-refractivity contribution in [1.29, 1.82) is 0 Å². The second kappa shape index (κ2) is 8.19. The Hall–Kier alpha value is -1.59. The molecule has 0 atom stereocenters. The lowest BCUT2D eigenvalue weighted by atomic mass is 9.94. The minimum atomic E-state index is 0.178. The van der Waals surface area contributed by atoms with E-state index >= 15 is 0 Å². The van der Waals surface area contributed by atoms with Crippen molar-refractivity contribution in [2.24, 2.45) is 0 Å². The van der Waals surface area contributed by atoms with Gasteiger partial charge in [0, 0.05) is 17.1 Å². The molecule has 1 aromatic heterocycles. The van der Waals surface area contributed by atoms with Crippen LogP contribution in [-0.2, 0) is 6.61 Å². The highest BCUT2D eigenvalue weighted by Gasteiger charge is 2.39. The molecule has 2 aliphatic rings. The highest BCUT2D eigenvalue weighted by Crippen LogP contribution is 2.36. The molecule has 0 radical (unpaired) electrons. The Bertz CT molecular complexity index is 795. The van der Waals surface area contributed by atoms with Crippen LogP contribution in [0.3, 0.4) is 0 Å². The zero-order valence-corrected chi connectivity index (χ0v) is 17.2. The molecule has 2 aliphatic carbocycles. The molecule has 0 unspecified atom stereocenters. The van der Waals surface area contributed by atoms with Crippen molar-refractivity contribution in [1.82, 2.24) is 9.88 Å². The fourth-order valence-corrected chi connectivity index (χ4v) is 4.90. The van der Waals surface area contributed by atoms with Gasteiger partial charge >= 0.3 is 0 Å². The number of ether oxygens (including phenoxy) is 1. The van der Waals surface area contributed by atoms with E-state index in [0.29, 0.717) is 23.7 Å². The maximum absolute atomic E-state index is 13.3. The van der Waals surface area contributed by atoms with Crippen molar-refractivity contribution in [2.75, 3.05) is 0 Å². The van der Waals surface area contributed by atoms with E-state index in [2.05, 4.69) is 9.88 Å². The van der Waals surface area contributed by atoms with Gasteiger partial charge in [-0.25, -0.2) is 4.98 Å². The molecule has 2 aromatic rings. The zero-order chi connectivity index (χ0) is 18.8. The Morgan fingerprint density at radius 3 is 2.48 bits per heavy atom. The molecule has 0 N–H and O–H groups in total. The molecule has 0 aliphatic heterocycles. The Morgan fingerprint density at radius 2 is 1.81 bits per heavy atom. The number of thiazole rings is 1. The van der Waals surface area contributed by atoms with Crippen molar-refractivity contribution in [3.05, 3.63) is 44.9 Å². The number of carbonyl (C=O) groups is 1. The standard InChI is InChI=1S/C21H25ClN2O2S/c1-14-20(21(25)24(17-9-10-17)16-5-3-2-4-6-16)27-19(23-14)13-26-18-11-7-15(22)8-12-18/h7-8,11-12,16-17H,2-6,9-10,13H2,1H3. The smallest absolute Gasteiger partial charge is 0.266 e. The first-order valence-corrected chi connectivity index (χ1v) is 11.0. The molecule has 4 nitrogen and oxygen atoms in total. The monoisotopic (exact) mass is 404 g/mol. The lowest BCUT2D eigenvalue weighted by Gasteiger charge is -2.34. The second-order valence-electron chi connectivity index (χ2n) is 7.50. The van der Waals surface area contributed by atoms with Gasteiger partial charge in [0.1, 0.15) is 22.2 Å². The molecule has 27 heavy (non-hydrogen) atoms. The topological polar surface area (TPSA) is 42.4 Å². The Kier molecular flexibility index (Phi) is 5.69. The number of aryl methyl sites for hydroxylation is 1. The molecule has 4 rings (SSSR count). The molecule has 2 fully saturated rings. The van der Waals surface area contributed by atoms with Crippen LogP contribution in [0, 0.1) is 6.92 Å². The minimum Gasteiger partial charge on any atom is -0.486 e. The summed E-state index contributed by atoms with van der Waals surface area (Å²) >= 11 is 7.38. The Labute approximate surface area is 169 Å². The van der Waals surface area contributed by atoms with Gasteiger partial charge in [-0.15, -0.1) is 11.3 Å². The van der Waals surface area contributed by atoms with Crippen LogP contribution in [0.4, 0.5) is 0 Å². The highest BCUT2D eigenvalue weighted by molar-refractivity contribution is 7.13. The van der Waals surface area contributed by atoms with Crippen LogP contribution in [-0.4, -0.2) is 27.9 Å². The molecule has 0 saturated heterocycles. The third kappa shape index (κ3) is 4.46. The van der Waals surface area contributed by atoms with E-state index in [1.165, 1.54) is 30.6 Å². The molecule has 2 saturated carbocycles. The van der Waals surface area contributed by atoms with Crippen LogP contribution in [0.5, 0.6) is 5.75 Å². The first-order chi connectivity index (χ1) is 13.1. The summed E-state index contributed by atoms with van der Waals surface area (Å²) in [6.45, 7) is 2.30. The quantitative estimate of drug-likeness (QED) is 0.627. The Morgan fingerprint density at radius 1 is 1.15 bits per heavy atom. The molecule has 1 amide bonds. The van der Waals surface area contributed by atoms with Gasteiger partial charge in [-0.3, -0.25) is 4.79 Å². The summed E-state index contributed by atoms with van der Waals surface area (Å²) in [6.07, 6.45) is 8.36. The lowest BCUT2D eigenvalue weighted by molar-refractivity contribution is 0.0618. The average Bonchev–Trinajstić information content (AvgIpc) is 3.44. The molecule has 144 valence electrons. The number of halogens is 1. The fourth-order valence-electron chi connectivity index (χ4n) is 3.85. The number of nitrogens with zero attached hydrogens (tertiary/aromatic N) is 2. The summed E-state index contributed by atoms with van der Waals surface area (Å²) in [4.78, 5) is 20.9. The fraction of sp³-hybridized carbons (Fsp3) is 0.524. The van der Waals surface area contributed by atoms with Gasteiger partial charge in [0.2, 0.25) is 0 Å². The van der Waals surface area contributed by atoms with Crippen molar-refractivity contribution in [3.8, 4) is 5.75 Å². The van der Waals surface area contributed by atoms with Crippen LogP contribution in [0.1, 0.15) is 65.3 Å². The van der Waals surface area contributed by atoms with E-state index in [1.807, 2.05) is 19.1 Å². The SMILES string of the molecule is Cc1nc(COc2ccc(Cl)cc2)sc1C(=O)N(C1CCCCC1)C1CC1. The van der Waals surface area contributed by atoms with Gasteiger partial charge in [-0.1, -0.05) is 30.9 Å². The molecule has 0 bridgehead atoms. The first-order valence-electron chi connectivity index (χ1n) is 9.79. The molecular weight excluding hydrogens is 380 g/mol. The van der Waals surface area contributed by atoms with E-state index in [1.54, 1.807) is 12.1 Å². The Balaban J connectivity index is 1.46. The maximum atomic E-state index is 13.3. The van der Waals surface area contributed by atoms with Crippen molar-refractivity contribution >= 4 is 28.8 Å². The third-order valence-corrected chi connectivity index (χ3v) is 6.72. The van der Waals surface area contributed by atoms with Gasteiger partial charge < -0.3 is 9.64 Å². The minimum absolute atomic E-state index is 0.178. The number of carbonyl (C=O) groups excluding carboxylic acids is 1. The van der Waals surface area contributed by atoms with E-state index in [9.17, 15) is 4.79 Å². The number of rotatable bonds is 6. The van der Waals surface area contributed by atoms with E-state index in [0.717, 1.165) is 47.0 Å². The summed E-state index contributed by atoms with van der Waals surface area (Å²) in [5.74, 6) is 0.930. The number of hydrogen-bond acceptors (Lipinski definition) is 4. The zero-order valence-electron chi connectivity index (χ0n) is 15.6. The molecule has 1 heterocycles. The number of benzene rings is 1. The van der Waals surface area contributed by atoms with Crippen molar-refractivity contribution in [2.45, 2.75) is 70.6 Å². The molecule has 6 heteroatoms. The lowest BCUT2D eigenvalue weighted by Crippen LogP contribution is -2.43. The summed E-state index contributed by atoms with van der Waals surface area (Å²) < 4.78 is 5.80. The molecule has 0 spiro atoms. The maximum Gasteiger partial charge on any atom is 0.266 e. The van der Waals surface area contributed by atoms with Crippen molar-refractivity contribution < 1.29 is 9.53 Å². The first kappa shape index (κ1) is 18.8. The second-order valence-corrected chi connectivity index (χ2v) is 9.02. The normalized spacial score (nSPS) is 17.7. The van der Waals surface area contributed by atoms with Gasteiger partial charge in [-0.2, -0.15) is 0 Å². The largest absolute Gasteiger partial charge is 0.486 e. The number of aromatic nitrogens is 1. The number of hydrogen-bond donors (Lipinski definition) is 0. The summed E-state index contributed by atoms with van der Waals surface area (Å²) in [6, 6.07) is 8.14. The van der Waals surface area contributed by atoms with Gasteiger partial charge in [0.25, 0.3) is 5.91 Å². The van der Waals surface area contributed by atoms with Gasteiger partial charge in [0.05, 0.1) is 5.69 Å². The summed E-state index contributed by atoms with van der Waals surface area (Å²) in [5, 5.41) is 1.52. The average molecular weight is 405 g/mol. The predicted molar refractivity (Wildman–Crippen MR) is 109 cm³/mol. The predicted octanol–water partition coefficient (Wildman–Crippen LogP) is 5.62. The van der Waals surface area contributed by atoms with Crippen LogP contribution < -0.4 is 4.74 Å². The van der Waals surface area contributed by atoms with Crippen LogP contribution in [0.15, 0.2) is 24.3 Å². The summed E-state index contributed by atoms with van der Waals surface area (Å²) in [7, 11) is 0. The van der Waals surface area contributed by atoms with Crippen LogP contribution in [0.2, 0.25) is 5.02 Å². The van der Waals surface area contributed by atoms with Gasteiger partial charge in [-0.05, 0) is 56.9 Å². The number of amides is 1. The van der Waals surface area contributed by atoms with Crippen molar-refractivity contribution in [3.63, 3.8) is 0 Å². The van der Waals surface area contributed by atoms with Gasteiger partial charge in [0.15, 0.2) is 0 Å². The van der Waals surface area contributed by atoms with E-state index in [-0.39, 0.29) is 5.91 Å². The molecular formula is C21H25ClN2O2S. The highest BCUT2D eigenvalue weighted by atomic mass is 35.5. The third-order valence-electron chi connectivity index (χ3n) is 5.35. The summed E-state index contributed by atoms with van der Waals surface area (Å²) in [5.41, 5.74) is 0.821.